The molecule has 1 N–H and O–H groups in total. The quantitative estimate of drug-likeness (QED) is 0.775. The van der Waals surface area contributed by atoms with E-state index in [2.05, 4.69) is 12.2 Å². The number of hydrogen-bond acceptors (Lipinski definition) is 2. The lowest BCUT2D eigenvalue weighted by Crippen LogP contribution is -2.46. The molecule has 2 aliphatic heterocycles. The van der Waals surface area contributed by atoms with E-state index >= 15 is 0 Å². The number of hydrogen-bond donors (Lipinski definition) is 1. The van der Waals surface area contributed by atoms with Crippen LogP contribution in [0.4, 0.5) is 0 Å². The zero-order valence-corrected chi connectivity index (χ0v) is 10.1. The Bertz CT molecular complexity index is 181. The molecule has 1 unspecified atom stereocenters. The summed E-state index contributed by atoms with van der Waals surface area (Å²) in [5.74, 6) is 0.930. The van der Waals surface area contributed by atoms with Gasteiger partial charge < -0.3 is 10.1 Å². The van der Waals surface area contributed by atoms with Gasteiger partial charge in [-0.05, 0) is 57.9 Å². The van der Waals surface area contributed by atoms with Gasteiger partial charge in [0.2, 0.25) is 0 Å². The average Bonchev–Trinajstić information content (AvgIpc) is 2.29. The third-order valence-electron chi connectivity index (χ3n) is 4.15. The first kappa shape index (κ1) is 11.4. The Hall–Kier alpha value is -0.0800. The van der Waals surface area contributed by atoms with E-state index in [0.717, 1.165) is 19.1 Å². The molecule has 2 saturated heterocycles. The highest BCUT2D eigenvalue weighted by molar-refractivity contribution is 4.87. The molecular weight excluding hydrogens is 186 g/mol. The van der Waals surface area contributed by atoms with Crippen LogP contribution in [0.15, 0.2) is 0 Å². The Balaban J connectivity index is 1.70. The van der Waals surface area contributed by atoms with Crippen molar-refractivity contribution in [1.82, 2.24) is 5.32 Å². The summed E-state index contributed by atoms with van der Waals surface area (Å²) in [7, 11) is 0. The first-order valence-electron chi connectivity index (χ1n) is 6.61. The minimum atomic E-state index is 0.441. The number of nitrogens with one attached hydrogen (secondary N) is 1. The van der Waals surface area contributed by atoms with E-state index in [1.165, 1.54) is 51.5 Å². The van der Waals surface area contributed by atoms with Crippen LogP contribution < -0.4 is 5.32 Å². The summed E-state index contributed by atoms with van der Waals surface area (Å²) in [6, 6.07) is 0. The van der Waals surface area contributed by atoms with E-state index in [1.54, 1.807) is 0 Å². The number of ether oxygens (including phenoxy) is 1. The van der Waals surface area contributed by atoms with Crippen molar-refractivity contribution in [3.63, 3.8) is 0 Å². The predicted octanol–water partition coefficient (Wildman–Crippen LogP) is 2.73. The minimum Gasteiger partial charge on any atom is -0.381 e. The molecule has 0 aliphatic carbocycles. The second kappa shape index (κ2) is 5.31. The highest BCUT2D eigenvalue weighted by atomic mass is 16.5. The van der Waals surface area contributed by atoms with Crippen molar-refractivity contribution < 1.29 is 4.74 Å². The largest absolute Gasteiger partial charge is 0.381 e. The standard InChI is InChI=1S/C13H25NO/c1-13(7-2-3-9-14-13)8-4-12-5-10-15-11-6-12/h12,14H,2-11H2,1H3. The lowest BCUT2D eigenvalue weighted by atomic mass is 9.82. The molecule has 2 heteroatoms. The molecule has 0 aromatic heterocycles. The van der Waals surface area contributed by atoms with Gasteiger partial charge in [0.25, 0.3) is 0 Å². The summed E-state index contributed by atoms with van der Waals surface area (Å²) in [5, 5.41) is 3.70. The molecule has 0 radical (unpaired) electrons. The van der Waals surface area contributed by atoms with Crippen molar-refractivity contribution >= 4 is 0 Å². The first-order valence-corrected chi connectivity index (χ1v) is 6.61. The lowest BCUT2D eigenvalue weighted by Gasteiger charge is -2.36. The molecule has 0 saturated carbocycles. The molecule has 0 bridgehead atoms. The van der Waals surface area contributed by atoms with Gasteiger partial charge in [-0.25, -0.2) is 0 Å². The van der Waals surface area contributed by atoms with Gasteiger partial charge >= 0.3 is 0 Å². The van der Waals surface area contributed by atoms with Crippen LogP contribution in [0.1, 0.15) is 51.9 Å². The lowest BCUT2D eigenvalue weighted by molar-refractivity contribution is 0.0597. The van der Waals surface area contributed by atoms with Gasteiger partial charge in [-0.1, -0.05) is 6.42 Å². The summed E-state index contributed by atoms with van der Waals surface area (Å²) in [6.45, 7) is 5.62. The van der Waals surface area contributed by atoms with Crippen LogP contribution in [0.25, 0.3) is 0 Å². The van der Waals surface area contributed by atoms with Crippen molar-refractivity contribution in [2.45, 2.75) is 57.4 Å². The van der Waals surface area contributed by atoms with Crippen molar-refractivity contribution in [1.29, 1.82) is 0 Å². The Morgan fingerprint density at radius 1 is 1.27 bits per heavy atom. The summed E-state index contributed by atoms with van der Waals surface area (Å²) >= 11 is 0. The third-order valence-corrected chi connectivity index (χ3v) is 4.15. The Labute approximate surface area is 93.8 Å². The van der Waals surface area contributed by atoms with Gasteiger partial charge in [0, 0.05) is 18.8 Å². The van der Waals surface area contributed by atoms with Crippen LogP contribution in [-0.4, -0.2) is 25.3 Å². The van der Waals surface area contributed by atoms with E-state index < -0.39 is 0 Å². The monoisotopic (exact) mass is 211 g/mol. The van der Waals surface area contributed by atoms with Crippen LogP contribution in [0.3, 0.4) is 0 Å². The summed E-state index contributed by atoms with van der Waals surface area (Å²) in [5.41, 5.74) is 0.441. The van der Waals surface area contributed by atoms with Gasteiger partial charge in [-0.15, -0.1) is 0 Å². The normalized spacial score (nSPS) is 34.2. The maximum atomic E-state index is 5.40. The van der Waals surface area contributed by atoms with Crippen molar-refractivity contribution in [3.05, 3.63) is 0 Å². The fourth-order valence-electron chi connectivity index (χ4n) is 2.89. The van der Waals surface area contributed by atoms with Gasteiger partial charge in [0.05, 0.1) is 0 Å². The highest BCUT2D eigenvalue weighted by Crippen LogP contribution is 2.28. The highest BCUT2D eigenvalue weighted by Gasteiger charge is 2.27. The molecule has 2 rings (SSSR count). The topological polar surface area (TPSA) is 21.3 Å². The van der Waals surface area contributed by atoms with Crippen molar-refractivity contribution in [3.8, 4) is 0 Å². The Kier molecular flexibility index (Phi) is 4.04. The second-order valence-corrected chi connectivity index (χ2v) is 5.54. The van der Waals surface area contributed by atoms with Crippen LogP contribution in [0.2, 0.25) is 0 Å². The summed E-state index contributed by atoms with van der Waals surface area (Å²) < 4.78 is 5.40. The van der Waals surface area contributed by atoms with Gasteiger partial charge in [-0.2, -0.15) is 0 Å². The van der Waals surface area contributed by atoms with E-state index in [1.807, 2.05) is 0 Å². The molecule has 2 aliphatic rings. The Morgan fingerprint density at radius 2 is 2.07 bits per heavy atom. The van der Waals surface area contributed by atoms with Gasteiger partial charge in [-0.3, -0.25) is 0 Å². The van der Waals surface area contributed by atoms with Crippen LogP contribution in [-0.2, 0) is 4.74 Å². The van der Waals surface area contributed by atoms with Gasteiger partial charge in [0.15, 0.2) is 0 Å². The molecule has 15 heavy (non-hydrogen) atoms. The molecule has 88 valence electrons. The summed E-state index contributed by atoms with van der Waals surface area (Å²) in [6.07, 6.45) is 9.48. The fourth-order valence-corrected chi connectivity index (χ4v) is 2.89. The molecule has 2 heterocycles. The average molecular weight is 211 g/mol. The van der Waals surface area contributed by atoms with Crippen LogP contribution >= 0.6 is 0 Å². The first-order chi connectivity index (χ1) is 7.29. The predicted molar refractivity (Wildman–Crippen MR) is 63.0 cm³/mol. The van der Waals surface area contributed by atoms with Crippen LogP contribution in [0.5, 0.6) is 0 Å². The fraction of sp³-hybridized carbons (Fsp3) is 1.00. The molecule has 0 amide bonds. The van der Waals surface area contributed by atoms with E-state index in [0.29, 0.717) is 5.54 Å². The molecular formula is C13H25NO. The number of rotatable bonds is 3. The minimum absolute atomic E-state index is 0.441. The Morgan fingerprint density at radius 3 is 2.73 bits per heavy atom. The molecule has 0 spiro atoms. The molecule has 0 aromatic carbocycles. The SMILES string of the molecule is CC1(CCC2CCOCC2)CCCCN1. The summed E-state index contributed by atoms with van der Waals surface area (Å²) in [4.78, 5) is 0. The van der Waals surface area contributed by atoms with Crippen molar-refractivity contribution in [2.75, 3.05) is 19.8 Å². The smallest absolute Gasteiger partial charge is 0.0468 e. The zero-order chi connectivity index (χ0) is 10.6. The van der Waals surface area contributed by atoms with E-state index in [9.17, 15) is 0 Å². The molecule has 0 aromatic rings. The molecule has 2 fully saturated rings. The second-order valence-electron chi connectivity index (χ2n) is 5.54. The zero-order valence-electron chi connectivity index (χ0n) is 10.1. The molecule has 2 nitrogen and oxygen atoms in total. The van der Waals surface area contributed by atoms with E-state index in [-0.39, 0.29) is 0 Å². The van der Waals surface area contributed by atoms with Crippen LogP contribution in [0, 0.1) is 5.92 Å². The van der Waals surface area contributed by atoms with Gasteiger partial charge in [0.1, 0.15) is 0 Å². The van der Waals surface area contributed by atoms with E-state index in [4.69, 9.17) is 4.74 Å². The maximum Gasteiger partial charge on any atom is 0.0468 e. The molecule has 1 atom stereocenters. The third kappa shape index (κ3) is 3.46. The van der Waals surface area contributed by atoms with Crippen molar-refractivity contribution in [2.24, 2.45) is 5.92 Å². The maximum absolute atomic E-state index is 5.40. The number of piperidine rings is 1.